The van der Waals surface area contributed by atoms with Crippen molar-refractivity contribution in [2.45, 2.75) is 58.2 Å². The van der Waals surface area contributed by atoms with Crippen LogP contribution in [0.1, 0.15) is 51.2 Å². The summed E-state index contributed by atoms with van der Waals surface area (Å²) < 4.78 is 2.59. The molecule has 0 aliphatic rings. The van der Waals surface area contributed by atoms with Crippen molar-refractivity contribution in [2.75, 3.05) is 5.32 Å². The summed E-state index contributed by atoms with van der Waals surface area (Å²) in [4.78, 5) is 16.9. The first-order chi connectivity index (χ1) is 12.8. The van der Waals surface area contributed by atoms with Crippen molar-refractivity contribution in [2.24, 2.45) is 0 Å². The lowest BCUT2D eigenvalue weighted by molar-refractivity contribution is 0.103. The Morgan fingerprint density at radius 1 is 1.07 bits per heavy atom. The van der Waals surface area contributed by atoms with Gasteiger partial charge in [0.25, 0.3) is 5.91 Å². The normalized spacial score (nSPS) is 12.5. The predicted molar refractivity (Wildman–Crippen MR) is 118 cm³/mol. The van der Waals surface area contributed by atoms with Gasteiger partial charge in [0.05, 0.1) is 11.7 Å². The van der Waals surface area contributed by atoms with Crippen molar-refractivity contribution in [1.29, 1.82) is 0 Å². The second kappa shape index (κ2) is 7.60. The van der Waals surface area contributed by atoms with E-state index >= 15 is 0 Å². The second-order valence-electron chi connectivity index (χ2n) is 8.13. The summed E-state index contributed by atoms with van der Waals surface area (Å²) in [5, 5.41) is 4.16. The van der Waals surface area contributed by atoms with Crippen molar-refractivity contribution in [3.8, 4) is 0 Å². The molecule has 144 valence electrons. The van der Waals surface area contributed by atoms with Crippen LogP contribution in [-0.4, -0.2) is 23.4 Å². The SMILES string of the molecule is CC(C)[Si](C(C)C)(C(C)C)n1ccc2cc(NC(=O)c3cncs3)ccc21. The van der Waals surface area contributed by atoms with Gasteiger partial charge in [0.2, 0.25) is 0 Å². The van der Waals surface area contributed by atoms with E-state index in [4.69, 9.17) is 0 Å². The van der Waals surface area contributed by atoms with Crippen LogP contribution < -0.4 is 5.32 Å². The largest absolute Gasteiger partial charge is 0.373 e. The van der Waals surface area contributed by atoms with Gasteiger partial charge in [0, 0.05) is 16.6 Å². The highest BCUT2D eigenvalue weighted by molar-refractivity contribution is 7.11. The van der Waals surface area contributed by atoms with Crippen LogP contribution in [0.5, 0.6) is 0 Å². The van der Waals surface area contributed by atoms with Crippen LogP contribution in [0.2, 0.25) is 16.6 Å². The topological polar surface area (TPSA) is 46.9 Å². The fourth-order valence-corrected chi connectivity index (χ4v) is 12.1. The summed E-state index contributed by atoms with van der Waals surface area (Å²) in [6, 6.07) is 8.43. The number of benzene rings is 1. The number of rotatable bonds is 6. The molecule has 3 aromatic rings. The molecule has 4 nitrogen and oxygen atoms in total. The first-order valence-corrected chi connectivity index (χ1v) is 12.7. The average molecular weight is 400 g/mol. The van der Waals surface area contributed by atoms with Gasteiger partial charge in [-0.3, -0.25) is 9.78 Å². The zero-order valence-corrected chi connectivity index (χ0v) is 18.8. The zero-order chi connectivity index (χ0) is 19.8. The number of hydrogen-bond acceptors (Lipinski definition) is 3. The van der Waals surface area contributed by atoms with E-state index in [9.17, 15) is 4.79 Å². The number of aromatic nitrogens is 2. The van der Waals surface area contributed by atoms with E-state index in [-0.39, 0.29) is 5.91 Å². The lowest BCUT2D eigenvalue weighted by Crippen LogP contribution is -2.51. The molecule has 1 amide bonds. The number of anilines is 1. The minimum Gasteiger partial charge on any atom is -0.373 e. The van der Waals surface area contributed by atoms with Crippen molar-refractivity contribution >= 4 is 42.1 Å². The highest BCUT2D eigenvalue weighted by Gasteiger charge is 2.45. The fraction of sp³-hybridized carbons (Fsp3) is 0.429. The van der Waals surface area contributed by atoms with Crippen molar-refractivity contribution < 1.29 is 4.79 Å². The molecule has 0 spiro atoms. The highest BCUT2D eigenvalue weighted by atomic mass is 32.1. The van der Waals surface area contributed by atoms with Crippen LogP contribution in [0, 0.1) is 0 Å². The van der Waals surface area contributed by atoms with Gasteiger partial charge in [-0.15, -0.1) is 11.3 Å². The summed E-state index contributed by atoms with van der Waals surface area (Å²) in [5.41, 5.74) is 5.68. The van der Waals surface area contributed by atoms with Gasteiger partial charge in [-0.05, 0) is 47.1 Å². The van der Waals surface area contributed by atoms with E-state index in [2.05, 4.69) is 80.5 Å². The molecule has 6 heteroatoms. The molecule has 2 aromatic heterocycles. The van der Waals surface area contributed by atoms with Gasteiger partial charge in [-0.2, -0.15) is 0 Å². The number of thiazole rings is 1. The van der Waals surface area contributed by atoms with Crippen LogP contribution >= 0.6 is 11.3 Å². The van der Waals surface area contributed by atoms with Crippen molar-refractivity contribution in [3.63, 3.8) is 0 Å². The van der Waals surface area contributed by atoms with E-state index in [0.717, 1.165) is 5.69 Å². The van der Waals surface area contributed by atoms with Gasteiger partial charge >= 0.3 is 0 Å². The third-order valence-corrected chi connectivity index (χ3v) is 13.3. The maximum atomic E-state index is 12.3. The number of nitrogens with one attached hydrogen (secondary N) is 1. The molecule has 1 aromatic carbocycles. The first kappa shape index (κ1) is 19.8. The smallest absolute Gasteiger partial charge is 0.267 e. The molecule has 0 fully saturated rings. The minimum atomic E-state index is -1.79. The monoisotopic (exact) mass is 399 g/mol. The average Bonchev–Trinajstić information content (AvgIpc) is 3.24. The third kappa shape index (κ3) is 3.36. The molecule has 0 saturated carbocycles. The highest BCUT2D eigenvalue weighted by Crippen LogP contribution is 2.44. The molecule has 0 aliphatic heterocycles. The minimum absolute atomic E-state index is 0.105. The summed E-state index contributed by atoms with van der Waals surface area (Å²) in [6.07, 6.45) is 3.87. The summed E-state index contributed by atoms with van der Waals surface area (Å²) >= 11 is 1.35. The Labute approximate surface area is 166 Å². The van der Waals surface area contributed by atoms with Crippen LogP contribution in [0.15, 0.2) is 42.2 Å². The first-order valence-electron chi connectivity index (χ1n) is 9.59. The Hall–Kier alpha value is -1.92. The van der Waals surface area contributed by atoms with Crippen LogP contribution in [0.3, 0.4) is 0 Å². The van der Waals surface area contributed by atoms with Gasteiger partial charge in [-0.25, -0.2) is 0 Å². The van der Waals surface area contributed by atoms with Crippen LogP contribution in [-0.2, 0) is 0 Å². The molecule has 0 saturated heterocycles. The van der Waals surface area contributed by atoms with Crippen LogP contribution in [0.4, 0.5) is 5.69 Å². The lowest BCUT2D eigenvalue weighted by Gasteiger charge is -2.44. The van der Waals surface area contributed by atoms with Gasteiger partial charge in [0.15, 0.2) is 8.24 Å². The maximum Gasteiger partial charge on any atom is 0.267 e. The molecule has 27 heavy (non-hydrogen) atoms. The Morgan fingerprint density at radius 2 is 1.74 bits per heavy atom. The molecule has 0 atom stereocenters. The maximum absolute atomic E-state index is 12.3. The van der Waals surface area contributed by atoms with Gasteiger partial charge in [-0.1, -0.05) is 41.5 Å². The molecule has 3 rings (SSSR count). The molecule has 2 heterocycles. The Balaban J connectivity index is 2.01. The van der Waals surface area contributed by atoms with E-state index in [1.807, 2.05) is 6.07 Å². The lowest BCUT2D eigenvalue weighted by atomic mass is 10.2. The number of carbonyl (C=O) groups excluding carboxylic acids is 1. The van der Waals surface area contributed by atoms with E-state index in [1.54, 1.807) is 11.7 Å². The summed E-state index contributed by atoms with van der Waals surface area (Å²) in [5.74, 6) is -0.105. The van der Waals surface area contributed by atoms with Crippen molar-refractivity contribution in [1.82, 2.24) is 9.22 Å². The van der Waals surface area contributed by atoms with E-state index in [0.29, 0.717) is 21.5 Å². The zero-order valence-electron chi connectivity index (χ0n) is 17.0. The van der Waals surface area contributed by atoms with E-state index in [1.165, 1.54) is 22.2 Å². The Kier molecular flexibility index (Phi) is 5.58. The Bertz CT molecular complexity index is 906. The summed E-state index contributed by atoms with van der Waals surface area (Å²) in [7, 11) is -1.79. The Morgan fingerprint density at radius 3 is 2.30 bits per heavy atom. The quantitative estimate of drug-likeness (QED) is 0.489. The number of amides is 1. The molecular weight excluding hydrogens is 370 g/mol. The second-order valence-corrected chi connectivity index (χ2v) is 14.7. The fourth-order valence-electron chi connectivity index (χ4n) is 4.91. The molecule has 0 aliphatic carbocycles. The molecule has 0 radical (unpaired) electrons. The van der Waals surface area contributed by atoms with Gasteiger partial charge < -0.3 is 9.55 Å². The standard InChI is InChI=1S/C21H29N3OSSi/c1-14(2)27(15(3)4,16(5)6)24-10-9-17-11-18(7-8-19(17)24)23-21(25)20-12-22-13-26-20/h7-16H,1-6H3,(H,23,25). The van der Waals surface area contributed by atoms with Crippen LogP contribution in [0.25, 0.3) is 10.9 Å². The van der Waals surface area contributed by atoms with Crippen molar-refractivity contribution in [3.05, 3.63) is 47.0 Å². The molecule has 1 N–H and O–H groups in total. The number of carbonyl (C=O) groups is 1. The number of hydrogen-bond donors (Lipinski definition) is 1. The number of nitrogens with zero attached hydrogens (tertiary/aromatic N) is 2. The number of fused-ring (bicyclic) bond motifs is 1. The summed E-state index contributed by atoms with van der Waals surface area (Å²) in [6.45, 7) is 14.3. The third-order valence-electron chi connectivity index (χ3n) is 5.80. The molecular formula is C21H29N3OSSi. The van der Waals surface area contributed by atoms with E-state index < -0.39 is 8.24 Å². The molecule has 0 unspecified atom stereocenters. The predicted octanol–water partition coefficient (Wildman–Crippen LogP) is 6.37. The van der Waals surface area contributed by atoms with Gasteiger partial charge in [0.1, 0.15) is 4.88 Å². The molecule has 0 bridgehead atoms.